The van der Waals surface area contributed by atoms with E-state index in [1.54, 1.807) is 4.90 Å². The van der Waals surface area contributed by atoms with Crippen LogP contribution in [0.3, 0.4) is 0 Å². The van der Waals surface area contributed by atoms with Gasteiger partial charge in [-0.3, -0.25) is 4.79 Å². The molecule has 2 aliphatic heterocycles. The normalized spacial score (nSPS) is 23.5. The van der Waals surface area contributed by atoms with E-state index in [4.69, 9.17) is 14.0 Å². The zero-order valence-electron chi connectivity index (χ0n) is 13.1. The molecule has 1 fully saturated rings. The molecule has 120 valence electrons. The summed E-state index contributed by atoms with van der Waals surface area (Å²) < 4.78 is 16.7. The summed E-state index contributed by atoms with van der Waals surface area (Å²) in [4.78, 5) is 14.4. The summed E-state index contributed by atoms with van der Waals surface area (Å²) in [6.45, 7) is 5.00. The number of hydrogen-bond donors (Lipinski definition) is 0. The molecule has 4 rings (SSSR count). The molecule has 0 radical (unpaired) electrons. The van der Waals surface area contributed by atoms with E-state index in [0.717, 1.165) is 11.5 Å². The summed E-state index contributed by atoms with van der Waals surface area (Å²) in [5.41, 5.74) is 0.908. The predicted molar refractivity (Wildman–Crippen MR) is 81.5 cm³/mol. The van der Waals surface area contributed by atoms with Crippen LogP contribution in [0.1, 0.15) is 24.3 Å². The third-order valence-electron chi connectivity index (χ3n) is 4.34. The van der Waals surface area contributed by atoms with E-state index in [0.29, 0.717) is 24.6 Å². The molecular weight excluding hydrogens is 296 g/mol. The van der Waals surface area contributed by atoms with E-state index in [-0.39, 0.29) is 17.9 Å². The maximum Gasteiger partial charge on any atom is 0.267 e. The minimum Gasteiger partial charge on any atom is -0.482 e. The molecule has 1 saturated heterocycles. The first-order chi connectivity index (χ1) is 11.1. The summed E-state index contributed by atoms with van der Waals surface area (Å²) in [6.07, 6.45) is -0.921. The number of carbonyl (C=O) groups excluding carboxylic acids is 1. The number of hydrogen-bond acceptors (Lipinski definition) is 5. The summed E-state index contributed by atoms with van der Waals surface area (Å²) in [5.74, 6) is 2.29. The molecule has 6 nitrogen and oxygen atoms in total. The van der Waals surface area contributed by atoms with E-state index in [9.17, 15) is 4.79 Å². The molecule has 0 bridgehead atoms. The van der Waals surface area contributed by atoms with E-state index < -0.39 is 6.10 Å². The van der Waals surface area contributed by atoms with Crippen LogP contribution in [0.5, 0.6) is 11.5 Å². The number of aromatic nitrogens is 1. The highest BCUT2D eigenvalue weighted by atomic mass is 16.6. The van der Waals surface area contributed by atoms with Gasteiger partial charge in [0.25, 0.3) is 5.91 Å². The van der Waals surface area contributed by atoms with Crippen molar-refractivity contribution in [3.8, 4) is 11.5 Å². The van der Waals surface area contributed by atoms with Gasteiger partial charge in [-0.25, -0.2) is 0 Å². The van der Waals surface area contributed by atoms with Gasteiger partial charge in [0.1, 0.15) is 11.9 Å². The van der Waals surface area contributed by atoms with Gasteiger partial charge in [-0.05, 0) is 26.0 Å². The van der Waals surface area contributed by atoms with Crippen molar-refractivity contribution in [2.24, 2.45) is 0 Å². The molecule has 2 aromatic rings. The molecule has 0 spiro atoms. The summed E-state index contributed by atoms with van der Waals surface area (Å²) in [7, 11) is 0. The van der Waals surface area contributed by atoms with Gasteiger partial charge < -0.3 is 18.9 Å². The first-order valence-electron chi connectivity index (χ1n) is 7.76. The van der Waals surface area contributed by atoms with Crippen molar-refractivity contribution in [2.45, 2.75) is 32.0 Å². The SMILES string of the molecule is Cc1cc(C2CN(C(=O)C3Oc4ccccc4OC3C)C2)no1. The fourth-order valence-corrected chi connectivity index (χ4v) is 2.99. The minimum atomic E-state index is -0.607. The molecule has 1 aromatic carbocycles. The minimum absolute atomic E-state index is 0.0385. The van der Waals surface area contributed by atoms with Gasteiger partial charge in [0.05, 0.1) is 5.69 Å². The average molecular weight is 314 g/mol. The lowest BCUT2D eigenvalue weighted by atomic mass is 9.95. The Labute approximate surface area is 134 Å². The highest BCUT2D eigenvalue weighted by molar-refractivity contribution is 5.83. The highest BCUT2D eigenvalue weighted by Crippen LogP contribution is 2.35. The van der Waals surface area contributed by atoms with Crippen LogP contribution in [0.4, 0.5) is 0 Å². The quantitative estimate of drug-likeness (QED) is 0.849. The predicted octanol–water partition coefficient (Wildman–Crippen LogP) is 2.14. The number of carbonyl (C=O) groups is 1. The van der Waals surface area contributed by atoms with Crippen LogP contribution in [0, 0.1) is 6.92 Å². The van der Waals surface area contributed by atoms with Gasteiger partial charge >= 0.3 is 0 Å². The smallest absolute Gasteiger partial charge is 0.267 e. The monoisotopic (exact) mass is 314 g/mol. The van der Waals surface area contributed by atoms with E-state index in [1.807, 2.05) is 44.2 Å². The van der Waals surface area contributed by atoms with Gasteiger partial charge in [-0.15, -0.1) is 0 Å². The molecule has 6 heteroatoms. The first kappa shape index (κ1) is 14.1. The van der Waals surface area contributed by atoms with E-state index in [1.165, 1.54) is 0 Å². The molecule has 2 unspecified atom stereocenters. The van der Waals surface area contributed by atoms with E-state index >= 15 is 0 Å². The lowest BCUT2D eigenvalue weighted by Gasteiger charge is -2.41. The highest BCUT2D eigenvalue weighted by Gasteiger charge is 2.42. The maximum atomic E-state index is 12.7. The summed E-state index contributed by atoms with van der Waals surface area (Å²) in [5, 5.41) is 4.02. The number of benzene rings is 1. The second-order valence-electron chi connectivity index (χ2n) is 6.11. The fraction of sp³-hybridized carbons (Fsp3) is 0.412. The van der Waals surface area contributed by atoms with Gasteiger partial charge in [0.15, 0.2) is 11.5 Å². The molecule has 0 N–H and O–H groups in total. The molecule has 0 saturated carbocycles. The Bertz CT molecular complexity index is 736. The van der Waals surface area contributed by atoms with Crippen molar-refractivity contribution in [1.82, 2.24) is 10.1 Å². The van der Waals surface area contributed by atoms with Crippen molar-refractivity contribution < 1.29 is 18.8 Å². The second-order valence-corrected chi connectivity index (χ2v) is 6.11. The van der Waals surface area contributed by atoms with Crippen LogP contribution >= 0.6 is 0 Å². The topological polar surface area (TPSA) is 64.8 Å². The van der Waals surface area contributed by atoms with Crippen LogP contribution in [-0.2, 0) is 4.79 Å². The summed E-state index contributed by atoms with van der Waals surface area (Å²) in [6, 6.07) is 9.34. The lowest BCUT2D eigenvalue weighted by Crippen LogP contribution is -2.57. The van der Waals surface area contributed by atoms with Crippen LogP contribution in [0.2, 0.25) is 0 Å². The van der Waals surface area contributed by atoms with Gasteiger partial charge in [-0.1, -0.05) is 17.3 Å². The zero-order chi connectivity index (χ0) is 16.0. The Balaban J connectivity index is 1.42. The molecule has 2 atom stereocenters. The van der Waals surface area contributed by atoms with Crippen LogP contribution in [0.25, 0.3) is 0 Å². The molecule has 1 aromatic heterocycles. The first-order valence-corrected chi connectivity index (χ1v) is 7.76. The Kier molecular flexibility index (Phi) is 3.25. The van der Waals surface area contributed by atoms with Crippen molar-refractivity contribution in [1.29, 1.82) is 0 Å². The number of amides is 1. The largest absolute Gasteiger partial charge is 0.482 e. The van der Waals surface area contributed by atoms with Crippen molar-refractivity contribution in [2.75, 3.05) is 13.1 Å². The van der Waals surface area contributed by atoms with E-state index in [2.05, 4.69) is 5.16 Å². The zero-order valence-corrected chi connectivity index (χ0v) is 13.1. The number of ether oxygens (including phenoxy) is 2. The third-order valence-corrected chi connectivity index (χ3v) is 4.34. The van der Waals surface area contributed by atoms with Crippen LogP contribution in [-0.4, -0.2) is 41.3 Å². The molecule has 3 heterocycles. The lowest BCUT2D eigenvalue weighted by molar-refractivity contribution is -0.149. The number of rotatable bonds is 2. The van der Waals surface area contributed by atoms with Gasteiger partial charge in [0.2, 0.25) is 6.10 Å². The Morgan fingerprint density at radius 1 is 1.22 bits per heavy atom. The Morgan fingerprint density at radius 2 is 1.91 bits per heavy atom. The van der Waals surface area contributed by atoms with Crippen molar-refractivity contribution in [3.05, 3.63) is 41.8 Å². The Morgan fingerprint density at radius 3 is 2.57 bits per heavy atom. The number of aryl methyl sites for hydroxylation is 1. The van der Waals surface area contributed by atoms with Crippen molar-refractivity contribution in [3.63, 3.8) is 0 Å². The third kappa shape index (κ3) is 2.44. The standard InChI is InChI=1S/C17H18N2O4/c1-10-7-13(18-23-10)12-8-19(9-12)17(20)16-11(2)21-14-5-3-4-6-15(14)22-16/h3-7,11-12,16H,8-9H2,1-2H3. The fourth-order valence-electron chi connectivity index (χ4n) is 2.99. The number of para-hydroxylation sites is 2. The Hall–Kier alpha value is -2.50. The maximum absolute atomic E-state index is 12.7. The van der Waals surface area contributed by atoms with Gasteiger partial charge in [0, 0.05) is 25.1 Å². The number of fused-ring (bicyclic) bond motifs is 1. The molecule has 0 aliphatic carbocycles. The van der Waals surface area contributed by atoms with Crippen LogP contribution < -0.4 is 9.47 Å². The summed E-state index contributed by atoms with van der Waals surface area (Å²) >= 11 is 0. The molecule has 1 amide bonds. The second kappa shape index (κ2) is 5.30. The molecule has 23 heavy (non-hydrogen) atoms. The van der Waals surface area contributed by atoms with Gasteiger partial charge in [-0.2, -0.15) is 0 Å². The number of nitrogens with zero attached hydrogens (tertiary/aromatic N) is 2. The molecule has 2 aliphatic rings. The van der Waals surface area contributed by atoms with Crippen molar-refractivity contribution >= 4 is 5.91 Å². The van der Waals surface area contributed by atoms with Crippen LogP contribution in [0.15, 0.2) is 34.9 Å². The molecular formula is C17H18N2O4. The average Bonchev–Trinajstić information content (AvgIpc) is 2.91. The number of likely N-dealkylation sites (tertiary alicyclic amines) is 1.